The number of hydrogen-bond acceptors (Lipinski definition) is 8. The average Bonchev–Trinajstić information content (AvgIpc) is 3.47. The highest BCUT2D eigenvalue weighted by Crippen LogP contribution is 2.23. The van der Waals surface area contributed by atoms with Crippen LogP contribution in [0.2, 0.25) is 0 Å². The van der Waals surface area contributed by atoms with E-state index in [4.69, 9.17) is 15.9 Å². The smallest absolute Gasteiger partial charge is 0.229 e. The number of anilines is 2. The Hall–Kier alpha value is -3.01. The first-order valence-corrected chi connectivity index (χ1v) is 11.6. The van der Waals surface area contributed by atoms with Gasteiger partial charge in [-0.15, -0.1) is 0 Å². The second-order valence-corrected chi connectivity index (χ2v) is 8.39. The van der Waals surface area contributed by atoms with Crippen LogP contribution in [0.15, 0.2) is 47.3 Å². The number of thiophene rings is 1. The molecule has 0 fully saturated rings. The predicted octanol–water partition coefficient (Wildman–Crippen LogP) is 3.92. The Labute approximate surface area is 191 Å². The van der Waals surface area contributed by atoms with E-state index < -0.39 is 0 Å². The maximum absolute atomic E-state index is 8.09. The lowest BCUT2D eigenvalue weighted by molar-refractivity contribution is 0.242. The van der Waals surface area contributed by atoms with Crippen molar-refractivity contribution in [3.8, 4) is 11.1 Å². The van der Waals surface area contributed by atoms with Gasteiger partial charge in [-0.3, -0.25) is 0 Å². The van der Waals surface area contributed by atoms with Crippen molar-refractivity contribution in [2.45, 2.75) is 39.2 Å². The second kappa shape index (κ2) is 11.6. The van der Waals surface area contributed by atoms with Crippen LogP contribution < -0.4 is 11.1 Å². The summed E-state index contributed by atoms with van der Waals surface area (Å²) in [6.45, 7) is 5.24. The van der Waals surface area contributed by atoms with Gasteiger partial charge >= 0.3 is 0 Å². The molecule has 9 heteroatoms. The fourth-order valence-corrected chi connectivity index (χ4v) is 3.75. The average molecular weight is 455 g/mol. The number of rotatable bonds is 8. The van der Waals surface area contributed by atoms with Gasteiger partial charge < -0.3 is 21.3 Å². The van der Waals surface area contributed by atoms with Crippen molar-refractivity contribution in [3.63, 3.8) is 0 Å². The molecule has 4 aromatic rings. The third-order valence-electron chi connectivity index (χ3n) is 4.86. The van der Waals surface area contributed by atoms with Crippen LogP contribution in [0, 0.1) is 0 Å². The highest BCUT2D eigenvalue weighted by Gasteiger charge is 2.14. The van der Waals surface area contributed by atoms with Crippen molar-refractivity contribution in [3.05, 3.63) is 58.4 Å². The first kappa shape index (κ1) is 23.6. The van der Waals surface area contributed by atoms with Gasteiger partial charge in [-0.2, -0.15) is 30.9 Å². The molecule has 0 saturated heterocycles. The van der Waals surface area contributed by atoms with Crippen molar-refractivity contribution in [1.82, 2.24) is 19.6 Å². The van der Waals surface area contributed by atoms with E-state index in [1.807, 2.05) is 6.20 Å². The Bertz CT molecular complexity index is 1090. The van der Waals surface area contributed by atoms with E-state index in [2.05, 4.69) is 75.3 Å². The summed E-state index contributed by atoms with van der Waals surface area (Å²) < 4.78 is 1.71. The Balaban J connectivity index is 0.000000427. The van der Waals surface area contributed by atoms with Crippen molar-refractivity contribution >= 4 is 28.9 Å². The number of nitrogen functional groups attached to an aromatic ring is 1. The van der Waals surface area contributed by atoms with Crippen LogP contribution in [0.3, 0.4) is 0 Å². The summed E-state index contributed by atoms with van der Waals surface area (Å²) in [5.41, 5.74) is 11.3. The van der Waals surface area contributed by atoms with Crippen molar-refractivity contribution in [1.29, 1.82) is 0 Å². The third kappa shape index (κ3) is 6.03. The van der Waals surface area contributed by atoms with Gasteiger partial charge in [0, 0.05) is 25.3 Å². The lowest BCUT2D eigenvalue weighted by atomic mass is 10.1. The molecule has 0 radical (unpaired) electrons. The molecule has 3 heterocycles. The highest BCUT2D eigenvalue weighted by atomic mass is 32.1. The monoisotopic (exact) mass is 454 g/mol. The summed E-state index contributed by atoms with van der Waals surface area (Å²) in [5.74, 6) is 1.16. The van der Waals surface area contributed by atoms with Gasteiger partial charge in [-0.25, -0.2) is 0 Å². The summed E-state index contributed by atoms with van der Waals surface area (Å²) in [7, 11) is 0. The molecular formula is C23H30N6O2S. The minimum Gasteiger partial charge on any atom is -0.396 e. The van der Waals surface area contributed by atoms with Gasteiger partial charge in [0.2, 0.25) is 11.9 Å². The Kier molecular flexibility index (Phi) is 8.55. The summed E-state index contributed by atoms with van der Waals surface area (Å²) in [4.78, 5) is 8.65. The number of nitrogens with two attached hydrogens (primary N) is 1. The summed E-state index contributed by atoms with van der Waals surface area (Å²) in [5, 5.41) is 28.1. The molecule has 3 aromatic heterocycles. The molecule has 0 aliphatic heterocycles. The van der Waals surface area contributed by atoms with Gasteiger partial charge in [0.05, 0.1) is 6.20 Å². The molecule has 0 amide bonds. The molecule has 0 unspecified atom stereocenters. The SMILES string of the molecule is CC(C)c1cnn2c(NCc3ccc(-c4ccsc4)cc3)nc(N)nc12.OCCCCO. The molecule has 0 aliphatic rings. The molecular weight excluding hydrogens is 424 g/mol. The van der Waals surface area contributed by atoms with Gasteiger partial charge in [-0.1, -0.05) is 38.1 Å². The van der Waals surface area contributed by atoms with Crippen LogP contribution in [0.5, 0.6) is 0 Å². The number of nitrogens with zero attached hydrogens (tertiary/aromatic N) is 4. The zero-order valence-corrected chi connectivity index (χ0v) is 19.2. The molecule has 170 valence electrons. The molecule has 0 bridgehead atoms. The van der Waals surface area contributed by atoms with E-state index in [9.17, 15) is 0 Å². The standard InChI is InChI=1S/C19H20N6S.C4H10O2/c1-12(2)16-10-22-25-17(16)23-18(20)24-19(25)21-9-13-3-5-14(6-4-13)15-7-8-26-11-15;5-3-1-2-4-6/h3-8,10-12H,9H2,1-2H3,(H3,20,21,23,24);5-6H,1-4H2. The van der Waals surface area contributed by atoms with Gasteiger partial charge in [0.15, 0.2) is 5.65 Å². The van der Waals surface area contributed by atoms with E-state index in [0.29, 0.717) is 18.4 Å². The molecule has 8 nitrogen and oxygen atoms in total. The van der Waals surface area contributed by atoms with E-state index in [-0.39, 0.29) is 19.2 Å². The number of nitrogens with one attached hydrogen (secondary N) is 1. The first-order valence-electron chi connectivity index (χ1n) is 10.6. The molecule has 0 spiro atoms. The Morgan fingerprint density at radius 3 is 2.34 bits per heavy atom. The third-order valence-corrected chi connectivity index (χ3v) is 5.54. The predicted molar refractivity (Wildman–Crippen MR) is 130 cm³/mol. The van der Waals surface area contributed by atoms with E-state index >= 15 is 0 Å². The molecule has 4 rings (SSSR count). The molecule has 0 aliphatic carbocycles. The van der Waals surface area contributed by atoms with Crippen LogP contribution in [0.4, 0.5) is 11.9 Å². The Morgan fingerprint density at radius 2 is 1.75 bits per heavy atom. The van der Waals surface area contributed by atoms with Crippen LogP contribution in [0.25, 0.3) is 16.8 Å². The number of fused-ring (bicyclic) bond motifs is 1. The topological polar surface area (TPSA) is 122 Å². The fraction of sp³-hybridized carbons (Fsp3) is 0.348. The summed E-state index contributed by atoms with van der Waals surface area (Å²) in [6, 6.07) is 10.6. The summed E-state index contributed by atoms with van der Waals surface area (Å²) >= 11 is 1.70. The fourth-order valence-electron chi connectivity index (χ4n) is 3.08. The number of aliphatic hydroxyl groups is 2. The van der Waals surface area contributed by atoms with Crippen LogP contribution in [-0.2, 0) is 6.54 Å². The number of benzene rings is 1. The number of aliphatic hydroxyl groups excluding tert-OH is 2. The zero-order valence-electron chi connectivity index (χ0n) is 18.4. The second-order valence-electron chi connectivity index (χ2n) is 7.61. The van der Waals surface area contributed by atoms with Crippen LogP contribution in [0.1, 0.15) is 43.7 Å². The van der Waals surface area contributed by atoms with Crippen molar-refractivity contribution in [2.75, 3.05) is 24.3 Å². The van der Waals surface area contributed by atoms with Gasteiger partial charge in [-0.05, 0) is 52.3 Å². The van der Waals surface area contributed by atoms with Crippen molar-refractivity contribution in [2.24, 2.45) is 0 Å². The normalized spacial score (nSPS) is 10.9. The maximum atomic E-state index is 8.09. The quantitative estimate of drug-likeness (QED) is 0.298. The zero-order chi connectivity index (χ0) is 22.9. The first-order chi connectivity index (χ1) is 15.5. The van der Waals surface area contributed by atoms with Gasteiger partial charge in [0.1, 0.15) is 0 Å². The van der Waals surface area contributed by atoms with E-state index in [1.165, 1.54) is 11.1 Å². The van der Waals surface area contributed by atoms with E-state index in [1.54, 1.807) is 15.9 Å². The van der Waals surface area contributed by atoms with Crippen LogP contribution >= 0.6 is 11.3 Å². The number of aromatic nitrogens is 4. The van der Waals surface area contributed by atoms with Crippen LogP contribution in [-0.4, -0.2) is 43.0 Å². The minimum atomic E-state index is 0.195. The number of unbranched alkanes of at least 4 members (excludes halogenated alkanes) is 1. The molecule has 5 N–H and O–H groups in total. The molecule has 0 atom stereocenters. The largest absolute Gasteiger partial charge is 0.396 e. The lowest BCUT2D eigenvalue weighted by Crippen LogP contribution is -2.11. The summed E-state index contributed by atoms with van der Waals surface area (Å²) in [6.07, 6.45) is 3.27. The van der Waals surface area contributed by atoms with E-state index in [0.717, 1.165) is 29.6 Å². The highest BCUT2D eigenvalue weighted by molar-refractivity contribution is 7.08. The number of hydrogen-bond donors (Lipinski definition) is 4. The minimum absolute atomic E-state index is 0.195. The van der Waals surface area contributed by atoms with Crippen molar-refractivity contribution < 1.29 is 10.2 Å². The van der Waals surface area contributed by atoms with Gasteiger partial charge in [0.25, 0.3) is 0 Å². The molecule has 32 heavy (non-hydrogen) atoms. The lowest BCUT2D eigenvalue weighted by Gasteiger charge is -2.09. The maximum Gasteiger partial charge on any atom is 0.229 e. The molecule has 0 saturated carbocycles. The Morgan fingerprint density at radius 1 is 1.03 bits per heavy atom. The molecule has 1 aromatic carbocycles.